The summed E-state index contributed by atoms with van der Waals surface area (Å²) in [7, 11) is 1.55. The molecule has 0 bridgehead atoms. The first-order valence-corrected chi connectivity index (χ1v) is 14.3. The van der Waals surface area contributed by atoms with Crippen molar-refractivity contribution in [3.05, 3.63) is 74.2 Å². The number of imide groups is 1. The quantitative estimate of drug-likeness (QED) is 0.290. The van der Waals surface area contributed by atoms with Crippen LogP contribution in [-0.2, 0) is 30.4 Å². The highest BCUT2D eigenvalue weighted by molar-refractivity contribution is 8.00. The van der Waals surface area contributed by atoms with Gasteiger partial charge in [-0.25, -0.2) is 9.69 Å². The number of rotatable bonds is 8. The van der Waals surface area contributed by atoms with Crippen molar-refractivity contribution in [2.75, 3.05) is 25.2 Å². The fraction of sp³-hybridized carbons (Fsp3) is 0.321. The van der Waals surface area contributed by atoms with Crippen LogP contribution >= 0.6 is 23.1 Å². The molecule has 0 radical (unpaired) electrons. The molecular weight excluding hydrogens is 556 g/mol. The van der Waals surface area contributed by atoms with Crippen molar-refractivity contribution in [2.45, 2.75) is 36.6 Å². The van der Waals surface area contributed by atoms with Gasteiger partial charge in [-0.2, -0.15) is 0 Å². The van der Waals surface area contributed by atoms with E-state index in [1.165, 1.54) is 16.7 Å². The average molecular weight is 583 g/mol. The summed E-state index contributed by atoms with van der Waals surface area (Å²) in [5.41, 5.74) is 1.37. The van der Waals surface area contributed by atoms with Gasteiger partial charge in [0.05, 0.1) is 42.5 Å². The van der Waals surface area contributed by atoms with Gasteiger partial charge >= 0.3 is 16.8 Å². The number of aromatic nitrogens is 1. The van der Waals surface area contributed by atoms with Crippen molar-refractivity contribution in [1.82, 2.24) is 4.57 Å². The zero-order chi connectivity index (χ0) is 28.6. The minimum atomic E-state index is -0.834. The maximum Gasteiger partial charge on any atom is 0.338 e. The average Bonchev–Trinajstić information content (AvgIpc) is 3.39. The van der Waals surface area contributed by atoms with Crippen LogP contribution in [-0.4, -0.2) is 53.9 Å². The number of thiazole rings is 1. The van der Waals surface area contributed by atoms with Gasteiger partial charge in [-0.15, -0.1) is 0 Å². The number of hydrogen-bond donors (Lipinski definition) is 0. The summed E-state index contributed by atoms with van der Waals surface area (Å²) >= 11 is 2.08. The Hall–Kier alpha value is -3.90. The Kier molecular flexibility index (Phi) is 7.81. The molecule has 10 nitrogen and oxygen atoms in total. The van der Waals surface area contributed by atoms with Crippen LogP contribution in [0.25, 0.3) is 0 Å². The van der Waals surface area contributed by atoms with Crippen LogP contribution in [0.15, 0.2) is 58.4 Å². The number of thioether (sulfide) groups is 1. The van der Waals surface area contributed by atoms with Crippen LogP contribution in [0.4, 0.5) is 5.69 Å². The summed E-state index contributed by atoms with van der Waals surface area (Å²) in [5.74, 6) is -2.68. The fourth-order valence-electron chi connectivity index (χ4n) is 4.98. The van der Waals surface area contributed by atoms with E-state index >= 15 is 0 Å². The number of amides is 2. The molecule has 208 valence electrons. The first-order valence-electron chi connectivity index (χ1n) is 12.6. The SMILES string of the molecule is CCOC(=O)Cn1c2c(sc1=O)[C@@H](c1ccc(OC)cc1)[C@@H]1C(=O)N(c3ccc(C(=O)OCC)cc3)C(=O)[C@@H]1S2. The van der Waals surface area contributed by atoms with Crippen molar-refractivity contribution < 1.29 is 33.4 Å². The molecule has 2 amide bonds. The Morgan fingerprint density at radius 1 is 0.900 bits per heavy atom. The van der Waals surface area contributed by atoms with Crippen molar-refractivity contribution >= 4 is 52.5 Å². The predicted octanol–water partition coefficient (Wildman–Crippen LogP) is 3.45. The predicted molar refractivity (Wildman–Crippen MR) is 148 cm³/mol. The minimum absolute atomic E-state index is 0.170. The van der Waals surface area contributed by atoms with E-state index in [1.54, 1.807) is 45.2 Å². The number of benzene rings is 2. The van der Waals surface area contributed by atoms with Gasteiger partial charge in [-0.3, -0.25) is 23.7 Å². The number of ether oxygens (including phenoxy) is 3. The Morgan fingerprint density at radius 3 is 2.20 bits per heavy atom. The lowest BCUT2D eigenvalue weighted by Gasteiger charge is -2.30. The van der Waals surface area contributed by atoms with Crippen molar-refractivity contribution in [1.29, 1.82) is 0 Å². The number of methoxy groups -OCH3 is 1. The second kappa shape index (κ2) is 11.3. The third-order valence-electron chi connectivity index (χ3n) is 6.75. The molecular formula is C28H26N2O8S2. The summed E-state index contributed by atoms with van der Waals surface area (Å²) in [4.78, 5) is 66.6. The minimum Gasteiger partial charge on any atom is -0.497 e. The van der Waals surface area contributed by atoms with Crippen LogP contribution in [0.1, 0.15) is 40.6 Å². The first kappa shape index (κ1) is 27.7. The summed E-state index contributed by atoms with van der Waals surface area (Å²) in [6, 6.07) is 13.3. The molecule has 0 N–H and O–H groups in total. The van der Waals surface area contributed by atoms with E-state index < -0.39 is 40.8 Å². The van der Waals surface area contributed by atoms with E-state index in [-0.39, 0.29) is 24.6 Å². The van der Waals surface area contributed by atoms with Crippen LogP contribution < -0.4 is 14.5 Å². The number of carbonyl (C=O) groups excluding carboxylic acids is 4. The molecule has 40 heavy (non-hydrogen) atoms. The van der Waals surface area contributed by atoms with E-state index in [0.29, 0.717) is 26.9 Å². The fourth-order valence-corrected chi connectivity index (χ4v) is 7.75. The zero-order valence-electron chi connectivity index (χ0n) is 21.9. The molecule has 2 aliphatic rings. The van der Waals surface area contributed by atoms with Gasteiger partial charge in [-0.05, 0) is 55.8 Å². The molecule has 3 aromatic rings. The monoisotopic (exact) mass is 582 g/mol. The lowest BCUT2D eigenvalue weighted by Crippen LogP contribution is -2.32. The number of nitrogens with zero attached hydrogens (tertiary/aromatic N) is 2. The Morgan fingerprint density at radius 2 is 1.57 bits per heavy atom. The number of carbonyl (C=O) groups is 4. The van der Waals surface area contributed by atoms with Crippen LogP contribution in [0.3, 0.4) is 0 Å². The highest BCUT2D eigenvalue weighted by atomic mass is 32.2. The topological polar surface area (TPSA) is 121 Å². The van der Waals surface area contributed by atoms with E-state index in [0.717, 1.165) is 33.6 Å². The van der Waals surface area contributed by atoms with Crippen LogP contribution in [0, 0.1) is 5.92 Å². The summed E-state index contributed by atoms with van der Waals surface area (Å²) in [6.07, 6.45) is 0. The maximum atomic E-state index is 14.0. The van der Waals surface area contributed by atoms with Crippen LogP contribution in [0.2, 0.25) is 0 Å². The van der Waals surface area contributed by atoms with Gasteiger partial charge in [0.2, 0.25) is 11.8 Å². The van der Waals surface area contributed by atoms with Gasteiger partial charge in [0.15, 0.2) is 0 Å². The number of esters is 2. The zero-order valence-corrected chi connectivity index (χ0v) is 23.6. The molecule has 12 heteroatoms. The van der Waals surface area contributed by atoms with Gasteiger partial charge in [0, 0.05) is 10.8 Å². The van der Waals surface area contributed by atoms with Gasteiger partial charge in [0.25, 0.3) is 0 Å². The number of anilines is 1. The summed E-state index contributed by atoms with van der Waals surface area (Å²) in [6.45, 7) is 3.49. The first-order chi connectivity index (χ1) is 19.3. The highest BCUT2D eigenvalue weighted by Gasteiger charge is 2.56. The maximum absolute atomic E-state index is 14.0. The van der Waals surface area contributed by atoms with E-state index in [2.05, 4.69) is 0 Å². The van der Waals surface area contributed by atoms with Crippen molar-refractivity contribution in [2.24, 2.45) is 5.92 Å². The molecule has 0 unspecified atom stereocenters. The second-order valence-corrected chi connectivity index (χ2v) is 11.1. The molecule has 0 spiro atoms. The molecule has 1 aromatic heterocycles. The molecule has 1 saturated heterocycles. The molecule has 0 aliphatic carbocycles. The third-order valence-corrected chi connectivity index (χ3v) is 9.36. The van der Waals surface area contributed by atoms with Gasteiger partial charge < -0.3 is 14.2 Å². The normalized spacial score (nSPS) is 19.7. The van der Waals surface area contributed by atoms with Crippen molar-refractivity contribution in [3.8, 4) is 5.75 Å². The Bertz CT molecular complexity index is 1530. The van der Waals surface area contributed by atoms with Crippen molar-refractivity contribution in [3.63, 3.8) is 0 Å². The molecule has 1 fully saturated rings. The Balaban J connectivity index is 1.57. The highest BCUT2D eigenvalue weighted by Crippen LogP contribution is 2.54. The lowest BCUT2D eigenvalue weighted by molar-refractivity contribution is -0.144. The molecule has 3 atom stereocenters. The molecule has 2 aliphatic heterocycles. The molecule has 2 aromatic carbocycles. The van der Waals surface area contributed by atoms with E-state index in [4.69, 9.17) is 14.2 Å². The molecule has 0 saturated carbocycles. The summed E-state index contributed by atoms with van der Waals surface area (Å²) < 4.78 is 16.7. The smallest absolute Gasteiger partial charge is 0.338 e. The lowest BCUT2D eigenvalue weighted by atomic mass is 9.83. The van der Waals surface area contributed by atoms with E-state index in [1.807, 2.05) is 12.1 Å². The third kappa shape index (κ3) is 4.81. The van der Waals surface area contributed by atoms with Gasteiger partial charge in [0.1, 0.15) is 17.5 Å². The largest absolute Gasteiger partial charge is 0.497 e. The standard InChI is InChI=1S/C28H26N2O8S2/c1-4-37-19(31)14-29-26-23(40-28(29)35)20(15-8-12-18(36-3)13-9-15)21-22(39-26)25(33)30(24(21)32)17-10-6-16(7-11-17)27(34)38-5-2/h6-13,20-22H,4-5,14H2,1-3H3/t20-,21-,22+/m0/s1. The van der Waals surface area contributed by atoms with Crippen LogP contribution in [0.5, 0.6) is 5.75 Å². The summed E-state index contributed by atoms with van der Waals surface area (Å²) in [5, 5.41) is -0.356. The molecule has 3 heterocycles. The Labute approximate surface area is 237 Å². The van der Waals surface area contributed by atoms with Gasteiger partial charge in [-0.1, -0.05) is 35.2 Å². The number of fused-ring (bicyclic) bond motifs is 2. The second-order valence-electron chi connectivity index (χ2n) is 9.02. The van der Waals surface area contributed by atoms with E-state index in [9.17, 15) is 24.0 Å². The number of hydrogen-bond acceptors (Lipinski definition) is 10. The molecule has 5 rings (SSSR count).